The highest BCUT2D eigenvalue weighted by Crippen LogP contribution is 2.65. The molecule has 1 fully saturated rings. The molecule has 1 aromatic carbocycles. The third kappa shape index (κ3) is 3.83. The van der Waals surface area contributed by atoms with Gasteiger partial charge in [-0.1, -0.05) is 6.07 Å². The van der Waals surface area contributed by atoms with Crippen LogP contribution >= 0.6 is 0 Å². The van der Waals surface area contributed by atoms with Gasteiger partial charge in [0, 0.05) is 24.4 Å². The minimum Gasteiger partial charge on any atom is -0.493 e. The first kappa shape index (κ1) is 25.9. The molecule has 2 heterocycles. The third-order valence-corrected chi connectivity index (χ3v) is 8.51. The monoisotopic (exact) mass is 518 g/mol. The van der Waals surface area contributed by atoms with Crippen LogP contribution in [-0.2, 0) is 30.9 Å². The summed E-state index contributed by atoms with van der Waals surface area (Å²) < 4.78 is 23.2. The van der Waals surface area contributed by atoms with Crippen LogP contribution in [0.5, 0.6) is 11.5 Å². The summed E-state index contributed by atoms with van der Waals surface area (Å²) in [6.45, 7) is 2.16. The van der Waals surface area contributed by atoms with Crippen molar-refractivity contribution in [2.24, 2.45) is 5.73 Å². The molecule has 0 amide bonds. The first-order chi connectivity index (χ1) is 17.5. The van der Waals surface area contributed by atoms with Gasteiger partial charge in [0.1, 0.15) is 5.76 Å². The zero-order valence-electron chi connectivity index (χ0n) is 21.2. The van der Waals surface area contributed by atoms with Gasteiger partial charge < -0.3 is 44.9 Å². The van der Waals surface area contributed by atoms with Crippen LogP contribution in [0.1, 0.15) is 43.7 Å². The number of methoxy groups -OCH3 is 1. The number of aliphatic carboxylic acids is 1. The number of likely N-dealkylation sites (N-methyl/N-ethyl adjacent to an activating group) is 1. The van der Waals surface area contributed by atoms with E-state index in [9.17, 15) is 19.8 Å². The van der Waals surface area contributed by atoms with Crippen LogP contribution in [-0.4, -0.2) is 89.0 Å². The van der Waals surface area contributed by atoms with Crippen molar-refractivity contribution in [2.45, 2.75) is 80.6 Å². The second-order valence-corrected chi connectivity index (χ2v) is 10.5. The number of likely N-dealkylation sites (tertiary alicyclic amines) is 1. The van der Waals surface area contributed by atoms with E-state index in [1.807, 2.05) is 19.2 Å². The van der Waals surface area contributed by atoms with Gasteiger partial charge in [-0.15, -0.1) is 0 Å². The molecule has 11 nitrogen and oxygen atoms in total. The van der Waals surface area contributed by atoms with Crippen molar-refractivity contribution >= 4 is 11.9 Å². The summed E-state index contributed by atoms with van der Waals surface area (Å²) in [5.74, 6) is -0.397. The van der Waals surface area contributed by atoms with Crippen molar-refractivity contribution in [1.29, 1.82) is 0 Å². The lowest BCUT2D eigenvalue weighted by atomic mass is 9.50. The molecule has 202 valence electrons. The quantitative estimate of drug-likeness (QED) is 0.265. The number of ether oxygens (including phenoxy) is 4. The third-order valence-electron chi connectivity index (χ3n) is 8.51. The number of carboxylic acid groups (broad SMARTS) is 1. The van der Waals surface area contributed by atoms with E-state index in [1.54, 1.807) is 13.2 Å². The minimum atomic E-state index is -1.54. The highest BCUT2D eigenvalue weighted by atomic mass is 16.6. The number of carboxylic acids is 1. The molecule has 1 aromatic rings. The number of hydrogen-bond donors (Lipinski definition) is 4. The normalized spacial score (nSPS) is 31.9. The standard InChI is InChI=1S/C26H34N2O9/c1-13(35-24(32)15(27)5-7-19(29)30)23(31)36-17-8-9-26(33)18-12-14-4-6-16(34-3)21-20(14)25(26,22(17)37-21)10-11-28(18)2/h4,6,8,13,15,18,22,24,32-33H,5,7,9-12,27H2,1-3H3,(H,29,30)/t13-,15-,18+,22-,24?,25-,26+/m0/s1. The molecule has 2 aliphatic carbocycles. The smallest absolute Gasteiger partial charge is 0.340 e. The van der Waals surface area contributed by atoms with E-state index >= 15 is 0 Å². The van der Waals surface area contributed by atoms with Crippen LogP contribution in [0.15, 0.2) is 24.0 Å². The molecule has 1 saturated heterocycles. The van der Waals surface area contributed by atoms with Crippen molar-refractivity contribution in [2.75, 3.05) is 20.7 Å². The number of benzene rings is 1. The Morgan fingerprint density at radius 2 is 2.11 bits per heavy atom. The second-order valence-electron chi connectivity index (χ2n) is 10.5. The van der Waals surface area contributed by atoms with Gasteiger partial charge in [0.25, 0.3) is 0 Å². The summed E-state index contributed by atoms with van der Waals surface area (Å²) in [6, 6.07) is 2.78. The molecule has 7 atom stereocenters. The molecule has 5 N–H and O–H groups in total. The fourth-order valence-electron chi connectivity index (χ4n) is 6.59. The Balaban J connectivity index is 1.41. The van der Waals surface area contributed by atoms with Crippen LogP contribution in [0.2, 0.25) is 0 Å². The van der Waals surface area contributed by atoms with Crippen LogP contribution in [0.25, 0.3) is 0 Å². The fraction of sp³-hybridized carbons (Fsp3) is 0.615. The van der Waals surface area contributed by atoms with Gasteiger partial charge in [0.05, 0.1) is 24.2 Å². The molecule has 11 heteroatoms. The number of hydrogen-bond acceptors (Lipinski definition) is 10. The first-order valence-electron chi connectivity index (χ1n) is 12.6. The Kier molecular flexibility index (Phi) is 6.48. The fourth-order valence-corrected chi connectivity index (χ4v) is 6.59. The van der Waals surface area contributed by atoms with E-state index in [2.05, 4.69) is 4.90 Å². The van der Waals surface area contributed by atoms with Crippen molar-refractivity contribution in [3.63, 3.8) is 0 Å². The van der Waals surface area contributed by atoms with Gasteiger partial charge in [-0.2, -0.15) is 0 Å². The maximum Gasteiger partial charge on any atom is 0.340 e. The van der Waals surface area contributed by atoms with E-state index in [0.29, 0.717) is 24.3 Å². The molecule has 1 unspecified atom stereocenters. The van der Waals surface area contributed by atoms with Crippen molar-refractivity contribution in [1.82, 2.24) is 4.90 Å². The molecule has 2 bridgehead atoms. The first-order valence-corrected chi connectivity index (χ1v) is 12.6. The highest BCUT2D eigenvalue weighted by Gasteiger charge is 2.72. The van der Waals surface area contributed by atoms with E-state index in [1.165, 1.54) is 6.92 Å². The van der Waals surface area contributed by atoms with Gasteiger partial charge in [-0.25, -0.2) is 4.79 Å². The average Bonchev–Trinajstić information content (AvgIpc) is 3.21. The summed E-state index contributed by atoms with van der Waals surface area (Å²) >= 11 is 0. The van der Waals surface area contributed by atoms with Crippen LogP contribution in [0.4, 0.5) is 0 Å². The molecule has 5 rings (SSSR count). The number of aliphatic hydroxyl groups excluding tert-OH is 1. The Labute approximate surface area is 214 Å². The summed E-state index contributed by atoms with van der Waals surface area (Å²) in [7, 11) is 3.58. The Morgan fingerprint density at radius 1 is 1.35 bits per heavy atom. The molecular formula is C26H34N2O9. The lowest BCUT2D eigenvalue weighted by molar-refractivity contribution is -0.186. The van der Waals surface area contributed by atoms with E-state index in [4.69, 9.17) is 29.8 Å². The summed E-state index contributed by atoms with van der Waals surface area (Å²) in [5, 5.41) is 31.2. The Hall–Kier alpha value is -2.70. The number of aliphatic hydroxyl groups is 2. The number of nitrogens with zero attached hydrogens (tertiary/aromatic N) is 1. The van der Waals surface area contributed by atoms with Crippen LogP contribution in [0, 0.1) is 0 Å². The molecule has 0 aromatic heterocycles. The molecule has 4 aliphatic rings. The van der Waals surface area contributed by atoms with Crippen molar-refractivity contribution < 1.29 is 43.9 Å². The molecule has 2 aliphatic heterocycles. The van der Waals surface area contributed by atoms with Crippen LogP contribution < -0.4 is 15.2 Å². The summed E-state index contributed by atoms with van der Waals surface area (Å²) in [6.07, 6.45) is -0.466. The zero-order chi connectivity index (χ0) is 26.7. The number of nitrogens with two attached hydrogens (primary N) is 1. The maximum absolute atomic E-state index is 13.0. The van der Waals surface area contributed by atoms with Gasteiger partial charge in [-0.05, 0) is 57.5 Å². The van der Waals surface area contributed by atoms with Gasteiger partial charge >= 0.3 is 11.9 Å². The van der Waals surface area contributed by atoms with Crippen molar-refractivity contribution in [3.8, 4) is 11.5 Å². The van der Waals surface area contributed by atoms with Crippen LogP contribution in [0.3, 0.4) is 0 Å². The Morgan fingerprint density at radius 3 is 2.81 bits per heavy atom. The summed E-state index contributed by atoms with van der Waals surface area (Å²) in [5.41, 5.74) is 5.87. The largest absolute Gasteiger partial charge is 0.493 e. The van der Waals surface area contributed by atoms with E-state index in [-0.39, 0.29) is 31.1 Å². The second kappa shape index (κ2) is 9.25. The number of carbonyl (C=O) groups excluding carboxylic acids is 1. The topological polar surface area (TPSA) is 161 Å². The lowest BCUT2D eigenvalue weighted by Crippen LogP contribution is -2.74. The summed E-state index contributed by atoms with van der Waals surface area (Å²) in [4.78, 5) is 25.9. The zero-order valence-corrected chi connectivity index (χ0v) is 21.2. The van der Waals surface area contributed by atoms with Gasteiger partial charge in [0.2, 0.25) is 0 Å². The van der Waals surface area contributed by atoms with Crippen molar-refractivity contribution in [3.05, 3.63) is 35.1 Å². The van der Waals surface area contributed by atoms with E-state index in [0.717, 1.165) is 17.7 Å². The number of esters is 1. The lowest BCUT2D eigenvalue weighted by Gasteiger charge is -2.61. The SMILES string of the molecule is COc1ccc2c3c1O[C@H]1C(OC(=O)[C@H](C)OC(O)[C@@H](N)CCC(=O)O)=CC[C@@]4(O)[C@@H](C2)N(C)CC[C@]314. The predicted molar refractivity (Wildman–Crippen MR) is 129 cm³/mol. The number of carbonyl (C=O) groups is 2. The molecule has 1 spiro atoms. The number of piperidine rings is 1. The Bertz CT molecular complexity index is 1140. The highest BCUT2D eigenvalue weighted by molar-refractivity contribution is 5.76. The maximum atomic E-state index is 13.0. The number of rotatable bonds is 9. The molecule has 37 heavy (non-hydrogen) atoms. The van der Waals surface area contributed by atoms with Gasteiger partial charge in [-0.3, -0.25) is 4.79 Å². The van der Waals surface area contributed by atoms with Gasteiger partial charge in [0.15, 0.2) is 30.0 Å². The predicted octanol–water partition coefficient (Wildman–Crippen LogP) is 0.432. The molecule has 0 saturated carbocycles. The van der Waals surface area contributed by atoms with E-state index < -0.39 is 47.5 Å². The minimum absolute atomic E-state index is 0.0154. The molecule has 0 radical (unpaired) electrons. The average molecular weight is 519 g/mol. The molecular weight excluding hydrogens is 484 g/mol.